The van der Waals surface area contributed by atoms with Gasteiger partial charge in [0, 0.05) is 17.5 Å². The fourth-order valence-electron chi connectivity index (χ4n) is 2.74. The molecular weight excluding hydrogens is 370 g/mol. The zero-order valence-electron chi connectivity index (χ0n) is 13.9. The number of nitrogens with zero attached hydrogens (tertiary/aromatic N) is 2. The van der Waals surface area contributed by atoms with Crippen molar-refractivity contribution < 1.29 is 14.3 Å². The number of hydrogen-bond acceptors (Lipinski definition) is 6. The zero-order valence-corrected chi connectivity index (χ0v) is 15.5. The van der Waals surface area contributed by atoms with Crippen molar-refractivity contribution in [3.05, 3.63) is 46.0 Å². The molecule has 0 bridgehead atoms. The Morgan fingerprint density at radius 1 is 1.35 bits per heavy atom. The minimum Gasteiger partial charge on any atom is -0.482 e. The third-order valence-corrected chi connectivity index (χ3v) is 5.61. The fraction of sp³-hybridized carbons (Fsp3) is 0.167. The Bertz CT molecular complexity index is 966. The van der Waals surface area contributed by atoms with Crippen LogP contribution in [0.4, 0.5) is 10.8 Å². The molecule has 3 aromatic rings. The van der Waals surface area contributed by atoms with Crippen LogP contribution >= 0.6 is 22.7 Å². The number of aromatic nitrogens is 1. The predicted octanol–water partition coefficient (Wildman–Crippen LogP) is 3.87. The summed E-state index contributed by atoms with van der Waals surface area (Å²) in [4.78, 5) is 31.0. The van der Waals surface area contributed by atoms with Crippen molar-refractivity contribution in [1.82, 2.24) is 4.98 Å². The second kappa shape index (κ2) is 6.89. The molecule has 2 amide bonds. The molecule has 1 N–H and O–H groups in total. The summed E-state index contributed by atoms with van der Waals surface area (Å²) in [7, 11) is 0. The van der Waals surface area contributed by atoms with Crippen molar-refractivity contribution in [2.45, 2.75) is 6.92 Å². The van der Waals surface area contributed by atoms with Crippen molar-refractivity contribution in [2.24, 2.45) is 0 Å². The van der Waals surface area contributed by atoms with Crippen LogP contribution in [-0.2, 0) is 4.79 Å². The van der Waals surface area contributed by atoms with E-state index in [9.17, 15) is 9.59 Å². The van der Waals surface area contributed by atoms with Crippen LogP contribution in [0.25, 0.3) is 11.3 Å². The van der Waals surface area contributed by atoms with Crippen molar-refractivity contribution in [1.29, 1.82) is 0 Å². The summed E-state index contributed by atoms with van der Waals surface area (Å²) in [5.74, 6) is 0.471. The van der Waals surface area contributed by atoms with E-state index >= 15 is 0 Å². The lowest BCUT2D eigenvalue weighted by atomic mass is 10.1. The SMILES string of the molecule is CCN1C(=O)COc2ccc(-c3csc(NC(=O)c4cccs4)n3)cc21. The smallest absolute Gasteiger partial charge is 0.267 e. The number of carbonyl (C=O) groups is 2. The van der Waals surface area contributed by atoms with Gasteiger partial charge in [-0.3, -0.25) is 14.9 Å². The Labute approximate surface area is 158 Å². The highest BCUT2D eigenvalue weighted by Crippen LogP contribution is 2.36. The zero-order chi connectivity index (χ0) is 18.1. The molecule has 0 radical (unpaired) electrons. The molecule has 0 atom stereocenters. The van der Waals surface area contributed by atoms with Gasteiger partial charge in [0.25, 0.3) is 11.8 Å². The number of thiophene rings is 1. The number of carbonyl (C=O) groups excluding carboxylic acids is 2. The number of rotatable bonds is 4. The molecule has 1 aromatic carbocycles. The van der Waals surface area contributed by atoms with E-state index in [2.05, 4.69) is 10.3 Å². The standard InChI is InChI=1S/C18H15N3O3S2/c1-2-21-13-8-11(5-6-14(13)24-9-16(21)22)12-10-26-18(19-12)20-17(23)15-4-3-7-25-15/h3-8,10H,2,9H2,1H3,(H,19,20,23). The van der Waals surface area contributed by atoms with Crippen LogP contribution in [0, 0.1) is 0 Å². The topological polar surface area (TPSA) is 71.5 Å². The number of thiazole rings is 1. The first-order valence-corrected chi connectivity index (χ1v) is 9.79. The molecule has 0 fully saturated rings. The summed E-state index contributed by atoms with van der Waals surface area (Å²) in [5.41, 5.74) is 2.36. The summed E-state index contributed by atoms with van der Waals surface area (Å²) < 4.78 is 5.49. The van der Waals surface area contributed by atoms with E-state index in [-0.39, 0.29) is 18.4 Å². The number of hydrogen-bond donors (Lipinski definition) is 1. The van der Waals surface area contributed by atoms with Crippen LogP contribution in [0.3, 0.4) is 0 Å². The summed E-state index contributed by atoms with van der Waals surface area (Å²) in [6.07, 6.45) is 0. The van der Waals surface area contributed by atoms with E-state index < -0.39 is 0 Å². The van der Waals surface area contributed by atoms with Gasteiger partial charge < -0.3 is 9.64 Å². The quantitative estimate of drug-likeness (QED) is 0.740. The van der Waals surface area contributed by atoms with Crippen LogP contribution in [0.15, 0.2) is 41.1 Å². The van der Waals surface area contributed by atoms with E-state index in [1.165, 1.54) is 22.7 Å². The van der Waals surface area contributed by atoms with Crippen molar-refractivity contribution in [3.63, 3.8) is 0 Å². The third-order valence-electron chi connectivity index (χ3n) is 3.98. The van der Waals surface area contributed by atoms with Gasteiger partial charge in [-0.15, -0.1) is 22.7 Å². The molecule has 0 spiro atoms. The number of likely N-dealkylation sites (N-methyl/N-ethyl adjacent to an activating group) is 1. The second-order valence-electron chi connectivity index (χ2n) is 5.58. The van der Waals surface area contributed by atoms with Crippen LogP contribution in [0.2, 0.25) is 0 Å². The van der Waals surface area contributed by atoms with Gasteiger partial charge in [0.05, 0.1) is 16.3 Å². The molecule has 132 valence electrons. The molecule has 1 aliphatic heterocycles. The van der Waals surface area contributed by atoms with Crippen LogP contribution in [0.5, 0.6) is 5.75 Å². The normalized spacial score (nSPS) is 13.3. The van der Waals surface area contributed by atoms with Crippen LogP contribution < -0.4 is 15.0 Å². The number of nitrogens with one attached hydrogen (secondary N) is 1. The van der Waals surface area contributed by atoms with Crippen LogP contribution in [-0.4, -0.2) is 29.9 Å². The number of anilines is 2. The molecule has 0 saturated heterocycles. The molecule has 8 heteroatoms. The number of ether oxygens (including phenoxy) is 1. The van der Waals surface area contributed by atoms with Gasteiger partial charge in [0.2, 0.25) is 0 Å². The Kier molecular flexibility index (Phi) is 4.44. The lowest BCUT2D eigenvalue weighted by Crippen LogP contribution is -2.38. The van der Waals surface area contributed by atoms with Gasteiger partial charge in [-0.1, -0.05) is 6.07 Å². The maximum Gasteiger partial charge on any atom is 0.267 e. The van der Waals surface area contributed by atoms with E-state index in [4.69, 9.17) is 4.74 Å². The number of amides is 2. The minimum atomic E-state index is -0.164. The minimum absolute atomic E-state index is 0.0562. The van der Waals surface area contributed by atoms with Gasteiger partial charge >= 0.3 is 0 Å². The molecule has 26 heavy (non-hydrogen) atoms. The predicted molar refractivity (Wildman–Crippen MR) is 103 cm³/mol. The first kappa shape index (κ1) is 16.7. The number of benzene rings is 1. The van der Waals surface area contributed by atoms with Gasteiger partial charge in [0.15, 0.2) is 11.7 Å². The molecule has 0 saturated carbocycles. The van der Waals surface area contributed by atoms with Crippen molar-refractivity contribution in [3.8, 4) is 17.0 Å². The number of fused-ring (bicyclic) bond motifs is 1. The lowest BCUT2D eigenvalue weighted by Gasteiger charge is -2.28. The maximum absolute atomic E-state index is 12.1. The molecule has 2 aromatic heterocycles. The first-order valence-electron chi connectivity index (χ1n) is 8.03. The Morgan fingerprint density at radius 2 is 2.23 bits per heavy atom. The van der Waals surface area contributed by atoms with E-state index in [0.717, 1.165) is 16.9 Å². The first-order chi connectivity index (χ1) is 12.7. The van der Waals surface area contributed by atoms with Gasteiger partial charge in [-0.25, -0.2) is 4.98 Å². The van der Waals surface area contributed by atoms with E-state index in [1.807, 2.05) is 41.9 Å². The highest BCUT2D eigenvalue weighted by Gasteiger charge is 2.24. The van der Waals surface area contributed by atoms with E-state index in [0.29, 0.717) is 22.3 Å². The Balaban J connectivity index is 1.59. The molecule has 0 unspecified atom stereocenters. The van der Waals surface area contributed by atoms with Crippen LogP contribution in [0.1, 0.15) is 16.6 Å². The van der Waals surface area contributed by atoms with Gasteiger partial charge in [-0.2, -0.15) is 0 Å². The average molecular weight is 385 g/mol. The van der Waals surface area contributed by atoms with E-state index in [1.54, 1.807) is 11.0 Å². The summed E-state index contributed by atoms with van der Waals surface area (Å²) in [5, 5.41) is 7.09. The monoisotopic (exact) mass is 385 g/mol. The average Bonchev–Trinajstić information content (AvgIpc) is 3.33. The molecule has 4 rings (SSSR count). The fourth-order valence-corrected chi connectivity index (χ4v) is 4.07. The van der Waals surface area contributed by atoms with Crippen molar-refractivity contribution in [2.75, 3.05) is 23.4 Å². The molecular formula is C18H15N3O3S2. The summed E-state index contributed by atoms with van der Waals surface area (Å²) in [6, 6.07) is 9.26. The Morgan fingerprint density at radius 3 is 3.00 bits per heavy atom. The highest BCUT2D eigenvalue weighted by molar-refractivity contribution is 7.14. The second-order valence-corrected chi connectivity index (χ2v) is 7.38. The van der Waals surface area contributed by atoms with Gasteiger partial charge in [-0.05, 0) is 36.6 Å². The molecule has 0 aliphatic carbocycles. The van der Waals surface area contributed by atoms with Gasteiger partial charge in [0.1, 0.15) is 5.75 Å². The summed E-state index contributed by atoms with van der Waals surface area (Å²) >= 11 is 2.75. The largest absolute Gasteiger partial charge is 0.482 e. The Hall–Kier alpha value is -2.71. The molecule has 6 nitrogen and oxygen atoms in total. The van der Waals surface area contributed by atoms with Crippen molar-refractivity contribution >= 4 is 45.3 Å². The maximum atomic E-state index is 12.1. The summed E-state index contributed by atoms with van der Waals surface area (Å²) in [6.45, 7) is 2.58. The molecule has 3 heterocycles. The third kappa shape index (κ3) is 3.09. The highest BCUT2D eigenvalue weighted by atomic mass is 32.1. The lowest BCUT2D eigenvalue weighted by molar-refractivity contribution is -0.121. The molecule has 1 aliphatic rings.